The minimum absolute atomic E-state index is 0.216. The molecule has 3 nitrogen and oxygen atoms in total. The van der Waals surface area contributed by atoms with E-state index in [-0.39, 0.29) is 4.90 Å². The Hall–Kier alpha value is -0.940. The molecule has 1 aromatic rings. The van der Waals surface area contributed by atoms with E-state index in [0.717, 1.165) is 6.42 Å². The third-order valence-corrected chi connectivity index (χ3v) is 5.65. The zero-order chi connectivity index (χ0) is 13.3. The lowest BCUT2D eigenvalue weighted by atomic mass is 9.90. The molecule has 1 aliphatic heterocycles. The number of rotatable bonds is 2. The molecular weight excluding hydrogens is 253 g/mol. The van der Waals surface area contributed by atoms with Gasteiger partial charge in [-0.15, -0.1) is 0 Å². The lowest BCUT2D eigenvalue weighted by molar-refractivity contribution is 0.212. The van der Waals surface area contributed by atoms with Gasteiger partial charge in [0.05, 0.1) is 0 Å². The van der Waals surface area contributed by atoms with Gasteiger partial charge in [0.2, 0.25) is 10.0 Å². The van der Waals surface area contributed by atoms with E-state index >= 15 is 0 Å². The number of halogens is 1. The molecule has 2 atom stereocenters. The molecule has 1 aliphatic rings. The Morgan fingerprint density at radius 2 is 1.89 bits per heavy atom. The summed E-state index contributed by atoms with van der Waals surface area (Å²) < 4.78 is 39.7. The van der Waals surface area contributed by atoms with Gasteiger partial charge in [0.15, 0.2) is 0 Å². The van der Waals surface area contributed by atoms with Gasteiger partial charge in [-0.05, 0) is 30.4 Å². The predicted molar refractivity (Wildman–Crippen MR) is 68.1 cm³/mol. The first kappa shape index (κ1) is 13.5. The maximum absolute atomic E-state index is 13.6. The van der Waals surface area contributed by atoms with Gasteiger partial charge in [0.25, 0.3) is 0 Å². The van der Waals surface area contributed by atoms with Gasteiger partial charge in [0, 0.05) is 13.1 Å². The van der Waals surface area contributed by atoms with Crippen LogP contribution in [0.5, 0.6) is 0 Å². The summed E-state index contributed by atoms with van der Waals surface area (Å²) in [4.78, 5) is -0.216. The van der Waals surface area contributed by atoms with Crippen LogP contribution in [-0.2, 0) is 10.0 Å². The van der Waals surface area contributed by atoms with E-state index in [2.05, 4.69) is 6.92 Å². The van der Waals surface area contributed by atoms with Gasteiger partial charge in [-0.3, -0.25) is 0 Å². The molecule has 100 valence electrons. The lowest BCUT2D eigenvalue weighted by Gasteiger charge is -2.34. The molecule has 2 rings (SSSR count). The molecule has 1 fully saturated rings. The largest absolute Gasteiger partial charge is 0.245 e. The van der Waals surface area contributed by atoms with E-state index in [4.69, 9.17) is 0 Å². The first-order valence-electron chi connectivity index (χ1n) is 6.17. The average molecular weight is 271 g/mol. The van der Waals surface area contributed by atoms with Crippen molar-refractivity contribution in [2.45, 2.75) is 25.2 Å². The van der Waals surface area contributed by atoms with Crippen molar-refractivity contribution in [1.82, 2.24) is 4.31 Å². The van der Waals surface area contributed by atoms with Crippen LogP contribution in [0.3, 0.4) is 0 Å². The summed E-state index contributed by atoms with van der Waals surface area (Å²) in [6.45, 7) is 5.10. The molecule has 1 heterocycles. The molecule has 5 heteroatoms. The highest BCUT2D eigenvalue weighted by molar-refractivity contribution is 7.89. The number of hydrogen-bond donors (Lipinski definition) is 0. The van der Waals surface area contributed by atoms with E-state index in [0.29, 0.717) is 24.9 Å². The van der Waals surface area contributed by atoms with Gasteiger partial charge in [0.1, 0.15) is 10.7 Å². The molecule has 1 aromatic carbocycles. The highest BCUT2D eigenvalue weighted by atomic mass is 32.2. The van der Waals surface area contributed by atoms with Crippen LogP contribution in [-0.4, -0.2) is 25.8 Å². The zero-order valence-electron chi connectivity index (χ0n) is 10.6. The van der Waals surface area contributed by atoms with Crippen molar-refractivity contribution < 1.29 is 12.8 Å². The second-order valence-corrected chi connectivity index (χ2v) is 6.94. The topological polar surface area (TPSA) is 37.4 Å². The third-order valence-electron chi connectivity index (χ3n) is 3.75. The van der Waals surface area contributed by atoms with Crippen LogP contribution in [0.15, 0.2) is 29.2 Å². The van der Waals surface area contributed by atoms with Gasteiger partial charge in [-0.25, -0.2) is 12.8 Å². The minimum atomic E-state index is -3.69. The molecule has 0 saturated carbocycles. The second-order valence-electron chi connectivity index (χ2n) is 5.04. The van der Waals surface area contributed by atoms with E-state index in [1.54, 1.807) is 6.07 Å². The average Bonchev–Trinajstić information content (AvgIpc) is 2.33. The summed E-state index contributed by atoms with van der Waals surface area (Å²) >= 11 is 0. The summed E-state index contributed by atoms with van der Waals surface area (Å²) in [5.74, 6) is 0.140. The number of nitrogens with zero attached hydrogens (tertiary/aromatic N) is 1. The SMILES string of the molecule is CC1CCN(S(=O)(=O)c2ccccc2F)CC1C. The quantitative estimate of drug-likeness (QED) is 0.828. The first-order chi connectivity index (χ1) is 8.43. The van der Waals surface area contributed by atoms with Crippen molar-refractivity contribution in [1.29, 1.82) is 0 Å². The Morgan fingerprint density at radius 3 is 2.50 bits per heavy atom. The monoisotopic (exact) mass is 271 g/mol. The fourth-order valence-corrected chi connectivity index (χ4v) is 3.86. The van der Waals surface area contributed by atoms with Gasteiger partial charge < -0.3 is 0 Å². The minimum Gasteiger partial charge on any atom is -0.207 e. The van der Waals surface area contributed by atoms with E-state index in [1.165, 1.54) is 22.5 Å². The van der Waals surface area contributed by atoms with Crippen LogP contribution in [0.2, 0.25) is 0 Å². The number of sulfonamides is 1. The van der Waals surface area contributed by atoms with Gasteiger partial charge >= 0.3 is 0 Å². The molecule has 18 heavy (non-hydrogen) atoms. The molecule has 0 radical (unpaired) electrons. The van der Waals surface area contributed by atoms with Crippen LogP contribution < -0.4 is 0 Å². The lowest BCUT2D eigenvalue weighted by Crippen LogP contribution is -2.42. The Labute approximate surface area is 108 Å². The van der Waals surface area contributed by atoms with Crippen LogP contribution in [0.25, 0.3) is 0 Å². The Morgan fingerprint density at radius 1 is 1.22 bits per heavy atom. The van der Waals surface area contributed by atoms with Crippen LogP contribution >= 0.6 is 0 Å². The Balaban J connectivity index is 2.30. The van der Waals surface area contributed by atoms with E-state index < -0.39 is 15.8 Å². The summed E-state index contributed by atoms with van der Waals surface area (Å²) in [7, 11) is -3.69. The van der Waals surface area contributed by atoms with Crippen molar-refractivity contribution in [2.24, 2.45) is 11.8 Å². The van der Waals surface area contributed by atoms with Crippen molar-refractivity contribution in [3.05, 3.63) is 30.1 Å². The standard InChI is InChI=1S/C13H18FNO2S/c1-10-7-8-15(9-11(10)2)18(16,17)13-6-4-3-5-12(13)14/h3-6,10-11H,7-9H2,1-2H3. The second kappa shape index (κ2) is 4.97. The predicted octanol–water partition coefficient (Wildman–Crippen LogP) is 2.49. The summed E-state index contributed by atoms with van der Waals surface area (Å²) in [6, 6.07) is 5.55. The first-order valence-corrected chi connectivity index (χ1v) is 7.61. The van der Waals surface area contributed by atoms with E-state index in [9.17, 15) is 12.8 Å². The molecule has 0 bridgehead atoms. The van der Waals surface area contributed by atoms with Crippen LogP contribution in [0, 0.1) is 17.7 Å². The van der Waals surface area contributed by atoms with Crippen molar-refractivity contribution >= 4 is 10.0 Å². The molecule has 0 N–H and O–H groups in total. The number of benzene rings is 1. The van der Waals surface area contributed by atoms with Crippen LogP contribution in [0.1, 0.15) is 20.3 Å². The summed E-state index contributed by atoms with van der Waals surface area (Å²) in [5, 5.41) is 0. The molecular formula is C13H18FNO2S. The van der Waals surface area contributed by atoms with E-state index in [1.807, 2.05) is 6.92 Å². The van der Waals surface area contributed by atoms with Gasteiger partial charge in [-0.1, -0.05) is 26.0 Å². The summed E-state index contributed by atoms with van der Waals surface area (Å²) in [6.07, 6.45) is 0.828. The van der Waals surface area contributed by atoms with Crippen molar-refractivity contribution in [3.63, 3.8) is 0 Å². The Kier molecular flexibility index (Phi) is 3.73. The molecule has 0 aliphatic carbocycles. The smallest absolute Gasteiger partial charge is 0.207 e. The van der Waals surface area contributed by atoms with Crippen molar-refractivity contribution in [2.75, 3.05) is 13.1 Å². The molecule has 0 aromatic heterocycles. The normalized spacial score (nSPS) is 26.2. The number of hydrogen-bond acceptors (Lipinski definition) is 2. The number of piperidine rings is 1. The highest BCUT2D eigenvalue weighted by Gasteiger charge is 2.32. The maximum Gasteiger partial charge on any atom is 0.245 e. The Bertz CT molecular complexity index is 530. The molecule has 0 spiro atoms. The fraction of sp³-hybridized carbons (Fsp3) is 0.538. The zero-order valence-corrected chi connectivity index (χ0v) is 11.5. The van der Waals surface area contributed by atoms with Crippen molar-refractivity contribution in [3.8, 4) is 0 Å². The molecule has 1 saturated heterocycles. The van der Waals surface area contributed by atoms with Crippen LogP contribution in [0.4, 0.5) is 4.39 Å². The fourth-order valence-electron chi connectivity index (χ4n) is 2.24. The molecule has 2 unspecified atom stereocenters. The van der Waals surface area contributed by atoms with Gasteiger partial charge in [-0.2, -0.15) is 4.31 Å². The maximum atomic E-state index is 13.6. The summed E-state index contributed by atoms with van der Waals surface area (Å²) in [5.41, 5.74) is 0. The molecule has 0 amide bonds. The third kappa shape index (κ3) is 2.42. The highest BCUT2D eigenvalue weighted by Crippen LogP contribution is 2.28.